The average Bonchev–Trinajstić information content (AvgIpc) is 2.45. The third-order valence-corrected chi connectivity index (χ3v) is 4.03. The van der Waals surface area contributed by atoms with Crippen LogP contribution in [0, 0.1) is 12.8 Å². The van der Waals surface area contributed by atoms with E-state index in [9.17, 15) is 14.5 Å². The number of aromatic nitrogens is 1. The van der Waals surface area contributed by atoms with E-state index in [4.69, 9.17) is 14.9 Å². The summed E-state index contributed by atoms with van der Waals surface area (Å²) in [6.07, 6.45) is 1.93. The van der Waals surface area contributed by atoms with Gasteiger partial charge < -0.3 is 25.3 Å². The summed E-state index contributed by atoms with van der Waals surface area (Å²) in [6.45, 7) is 5.25. The molecule has 0 saturated carbocycles. The molecule has 0 saturated heterocycles. The number of rotatable bonds is 10. The highest BCUT2D eigenvalue weighted by Gasteiger charge is 2.20. The summed E-state index contributed by atoms with van der Waals surface area (Å²) in [6, 6.07) is -0.305. The Morgan fingerprint density at radius 1 is 1.40 bits per heavy atom. The van der Waals surface area contributed by atoms with Crippen molar-refractivity contribution in [3.05, 3.63) is 23.0 Å². The van der Waals surface area contributed by atoms with Gasteiger partial charge in [-0.05, 0) is 19.3 Å². The molecule has 5 N–H and O–H groups in total. The van der Waals surface area contributed by atoms with E-state index in [1.807, 2.05) is 13.8 Å². The largest absolute Gasteiger partial charge is 0.506 e. The Bertz CT molecular complexity index is 645. The third-order valence-electron chi connectivity index (χ3n) is 3.56. The van der Waals surface area contributed by atoms with E-state index in [0.717, 1.165) is 0 Å². The summed E-state index contributed by atoms with van der Waals surface area (Å²) in [7, 11) is -4.66. The Hall–Kier alpha value is -1.51. The van der Waals surface area contributed by atoms with Crippen LogP contribution in [0.4, 0.5) is 0 Å². The Labute approximate surface area is 146 Å². The third kappa shape index (κ3) is 7.94. The molecule has 0 unspecified atom stereocenters. The average molecular weight is 376 g/mol. The molecule has 1 heterocycles. The summed E-state index contributed by atoms with van der Waals surface area (Å²) < 4.78 is 15.4. The minimum Gasteiger partial charge on any atom is -0.506 e. The molecule has 1 atom stereocenters. The monoisotopic (exact) mass is 376 g/mol. The van der Waals surface area contributed by atoms with Gasteiger partial charge >= 0.3 is 13.8 Å². The molecule has 25 heavy (non-hydrogen) atoms. The molecular formula is C15H25N2O7P. The van der Waals surface area contributed by atoms with Crippen LogP contribution in [-0.4, -0.2) is 37.0 Å². The highest BCUT2D eigenvalue weighted by atomic mass is 31.2. The number of phosphoric ester groups is 1. The minimum absolute atomic E-state index is 0.0721. The smallest absolute Gasteiger partial charge is 0.469 e. The molecule has 0 spiro atoms. The van der Waals surface area contributed by atoms with Gasteiger partial charge in [0.15, 0.2) is 0 Å². The number of carboxylic acid groups (broad SMARTS) is 1. The Kier molecular flexibility index (Phi) is 7.98. The molecule has 1 rings (SSSR count). The second kappa shape index (κ2) is 9.26. The van der Waals surface area contributed by atoms with E-state index in [-0.39, 0.29) is 30.7 Å². The SMILES string of the molecule is Cc1ncc(COP(=O)(O)O)c(CN[C@@H](CC(=O)O)CC(C)C)c1O. The molecule has 0 fully saturated rings. The Morgan fingerprint density at radius 3 is 2.56 bits per heavy atom. The van der Waals surface area contributed by atoms with E-state index in [2.05, 4.69) is 14.8 Å². The maximum Gasteiger partial charge on any atom is 0.469 e. The molecule has 0 aliphatic carbocycles. The van der Waals surface area contributed by atoms with Crippen LogP contribution in [-0.2, 0) is 27.0 Å². The molecule has 0 aliphatic heterocycles. The van der Waals surface area contributed by atoms with Crippen LogP contribution in [0.1, 0.15) is 43.5 Å². The van der Waals surface area contributed by atoms with Crippen molar-refractivity contribution >= 4 is 13.8 Å². The van der Waals surface area contributed by atoms with Crippen molar-refractivity contribution in [2.45, 2.75) is 52.8 Å². The van der Waals surface area contributed by atoms with Gasteiger partial charge in [0.2, 0.25) is 0 Å². The van der Waals surface area contributed by atoms with Crippen LogP contribution in [0.2, 0.25) is 0 Å². The highest BCUT2D eigenvalue weighted by molar-refractivity contribution is 7.46. The second-order valence-corrected chi connectivity index (χ2v) is 7.50. The first kappa shape index (κ1) is 21.5. The molecule has 0 aromatic carbocycles. The Balaban J connectivity index is 2.95. The van der Waals surface area contributed by atoms with Crippen LogP contribution >= 0.6 is 7.82 Å². The molecule has 0 radical (unpaired) electrons. The molecule has 0 aliphatic rings. The van der Waals surface area contributed by atoms with Crippen LogP contribution < -0.4 is 5.32 Å². The maximum atomic E-state index is 11.0. The zero-order valence-electron chi connectivity index (χ0n) is 14.5. The molecule has 142 valence electrons. The number of carboxylic acids is 1. The van der Waals surface area contributed by atoms with Crippen molar-refractivity contribution in [3.63, 3.8) is 0 Å². The lowest BCUT2D eigenvalue weighted by Gasteiger charge is -2.21. The summed E-state index contributed by atoms with van der Waals surface area (Å²) in [5.41, 5.74) is 1.05. The van der Waals surface area contributed by atoms with Gasteiger partial charge in [0, 0.05) is 29.9 Å². The zero-order chi connectivity index (χ0) is 19.2. The van der Waals surface area contributed by atoms with Crippen molar-refractivity contribution in [2.24, 2.45) is 5.92 Å². The van der Waals surface area contributed by atoms with Gasteiger partial charge in [0.1, 0.15) is 5.75 Å². The zero-order valence-corrected chi connectivity index (χ0v) is 15.4. The van der Waals surface area contributed by atoms with E-state index < -0.39 is 20.4 Å². The molecular weight excluding hydrogens is 351 g/mol. The lowest BCUT2D eigenvalue weighted by molar-refractivity contribution is -0.137. The summed E-state index contributed by atoms with van der Waals surface area (Å²) >= 11 is 0. The standard InChI is InChI=1S/C15H25N2O7P/c1-9(2)4-12(5-14(18)19)17-7-13-11(8-24-25(21,22)23)6-16-10(3)15(13)20/h6,9,12,17,20H,4-5,7-8H2,1-3H3,(H,18,19)(H2,21,22,23)/t12-/m1/s1. The molecule has 10 heteroatoms. The van der Waals surface area contributed by atoms with Gasteiger partial charge in [-0.3, -0.25) is 14.3 Å². The number of aryl methyl sites for hydroxylation is 1. The number of aromatic hydroxyl groups is 1. The number of pyridine rings is 1. The van der Waals surface area contributed by atoms with Crippen LogP contribution in [0.15, 0.2) is 6.20 Å². The topological polar surface area (TPSA) is 149 Å². The highest BCUT2D eigenvalue weighted by Crippen LogP contribution is 2.38. The van der Waals surface area contributed by atoms with E-state index >= 15 is 0 Å². The lowest BCUT2D eigenvalue weighted by Crippen LogP contribution is -2.32. The second-order valence-electron chi connectivity index (χ2n) is 6.27. The molecule has 1 aromatic rings. The fraction of sp³-hybridized carbons (Fsp3) is 0.600. The quantitative estimate of drug-likeness (QED) is 0.384. The summed E-state index contributed by atoms with van der Waals surface area (Å²) in [4.78, 5) is 32.6. The van der Waals surface area contributed by atoms with Gasteiger partial charge in [-0.2, -0.15) is 0 Å². The lowest BCUT2D eigenvalue weighted by atomic mass is 10.00. The number of hydrogen-bond acceptors (Lipinski definition) is 6. The van der Waals surface area contributed by atoms with E-state index in [0.29, 0.717) is 23.2 Å². The van der Waals surface area contributed by atoms with Crippen LogP contribution in [0.25, 0.3) is 0 Å². The van der Waals surface area contributed by atoms with Crippen LogP contribution in [0.5, 0.6) is 5.75 Å². The van der Waals surface area contributed by atoms with Gasteiger partial charge in [0.25, 0.3) is 0 Å². The van der Waals surface area contributed by atoms with Crippen molar-refractivity contribution in [2.75, 3.05) is 0 Å². The number of hydrogen-bond donors (Lipinski definition) is 5. The normalized spacial score (nSPS) is 13.2. The van der Waals surface area contributed by atoms with Gasteiger partial charge in [-0.1, -0.05) is 13.8 Å². The van der Waals surface area contributed by atoms with Gasteiger partial charge in [-0.25, -0.2) is 4.57 Å². The number of carbonyl (C=O) groups is 1. The fourth-order valence-electron chi connectivity index (χ4n) is 2.42. The van der Waals surface area contributed by atoms with Gasteiger partial charge in [0.05, 0.1) is 18.7 Å². The molecule has 1 aromatic heterocycles. The van der Waals surface area contributed by atoms with E-state index in [1.165, 1.54) is 6.20 Å². The summed E-state index contributed by atoms with van der Waals surface area (Å²) in [5.74, 6) is -0.765. The number of nitrogens with zero attached hydrogens (tertiary/aromatic N) is 1. The predicted molar refractivity (Wildman–Crippen MR) is 89.8 cm³/mol. The number of aliphatic carboxylic acids is 1. The Morgan fingerprint density at radius 2 is 2.04 bits per heavy atom. The van der Waals surface area contributed by atoms with Gasteiger partial charge in [-0.15, -0.1) is 0 Å². The van der Waals surface area contributed by atoms with Crippen molar-refractivity contribution in [1.82, 2.24) is 10.3 Å². The number of nitrogens with one attached hydrogen (secondary N) is 1. The number of phosphoric acid groups is 1. The molecule has 0 amide bonds. The van der Waals surface area contributed by atoms with Crippen molar-refractivity contribution < 1.29 is 33.9 Å². The van der Waals surface area contributed by atoms with E-state index in [1.54, 1.807) is 6.92 Å². The molecule has 9 nitrogen and oxygen atoms in total. The molecule has 0 bridgehead atoms. The fourth-order valence-corrected chi connectivity index (χ4v) is 2.73. The summed E-state index contributed by atoms with van der Waals surface area (Å²) in [5, 5.41) is 22.3. The first-order chi connectivity index (χ1) is 11.5. The first-order valence-corrected chi connectivity index (χ1v) is 9.34. The van der Waals surface area contributed by atoms with Crippen molar-refractivity contribution in [1.29, 1.82) is 0 Å². The maximum absolute atomic E-state index is 11.0. The first-order valence-electron chi connectivity index (χ1n) is 7.81. The predicted octanol–water partition coefficient (Wildman–Crippen LogP) is 1.68. The van der Waals surface area contributed by atoms with Crippen LogP contribution in [0.3, 0.4) is 0 Å². The minimum atomic E-state index is -4.66. The van der Waals surface area contributed by atoms with Crippen molar-refractivity contribution in [3.8, 4) is 5.75 Å².